The number of rotatable bonds is 5. The number of ether oxygens (including phenoxy) is 1. The molecule has 0 spiro atoms. The number of aromatic hydroxyl groups is 1. The van der Waals surface area contributed by atoms with Crippen molar-refractivity contribution in [2.45, 2.75) is 0 Å². The molecule has 0 saturated carbocycles. The minimum absolute atomic E-state index is 0.113. The summed E-state index contributed by atoms with van der Waals surface area (Å²) in [6.07, 6.45) is 0. The first kappa shape index (κ1) is 16.4. The van der Waals surface area contributed by atoms with Crippen LogP contribution in [0.3, 0.4) is 0 Å². The van der Waals surface area contributed by atoms with E-state index in [4.69, 9.17) is 4.74 Å². The van der Waals surface area contributed by atoms with Crippen molar-refractivity contribution >= 4 is 22.4 Å². The summed E-state index contributed by atoms with van der Waals surface area (Å²) in [6.45, 7) is 3.95. The topological polar surface area (TPSA) is 70.6 Å². The van der Waals surface area contributed by atoms with Crippen molar-refractivity contribution in [2.24, 2.45) is 0 Å². The lowest BCUT2D eigenvalue weighted by Crippen LogP contribution is -2.35. The largest absolute Gasteiger partial charge is 0.508 e. The normalized spacial score (nSPS) is 10.3. The smallest absolute Gasteiger partial charge is 0.269 e. The van der Waals surface area contributed by atoms with Crippen molar-refractivity contribution in [1.82, 2.24) is 10.9 Å². The molecule has 0 atom stereocenters. The van der Waals surface area contributed by atoms with Crippen molar-refractivity contribution in [3.05, 3.63) is 78.4 Å². The second-order valence-corrected chi connectivity index (χ2v) is 5.53. The minimum Gasteiger partial charge on any atom is -0.508 e. The van der Waals surface area contributed by atoms with Crippen LogP contribution in [0, 0.1) is 0 Å². The van der Waals surface area contributed by atoms with Gasteiger partial charge in [0.1, 0.15) is 11.5 Å². The van der Waals surface area contributed by atoms with Gasteiger partial charge in [0, 0.05) is 5.56 Å². The molecule has 3 aromatic carbocycles. The number of carbonyl (C=O) groups is 1. The van der Waals surface area contributed by atoms with E-state index in [-0.39, 0.29) is 11.7 Å². The van der Waals surface area contributed by atoms with E-state index in [0.717, 1.165) is 22.1 Å². The molecule has 1 amide bonds. The second-order valence-electron chi connectivity index (χ2n) is 5.53. The summed E-state index contributed by atoms with van der Waals surface area (Å²) in [5, 5.41) is 11.4. The zero-order chi connectivity index (χ0) is 17.8. The molecule has 0 aliphatic rings. The van der Waals surface area contributed by atoms with Gasteiger partial charge in [0.15, 0.2) is 0 Å². The van der Waals surface area contributed by atoms with Crippen molar-refractivity contribution in [3.63, 3.8) is 0 Å². The third kappa shape index (κ3) is 3.72. The van der Waals surface area contributed by atoms with Crippen LogP contribution in [0.4, 0.5) is 0 Å². The van der Waals surface area contributed by atoms with E-state index in [1.54, 1.807) is 19.2 Å². The number of methoxy groups -OCH3 is 1. The molecule has 0 aliphatic carbocycles. The number of carbonyl (C=O) groups excluding carboxylic acids is 1. The summed E-state index contributed by atoms with van der Waals surface area (Å²) >= 11 is 0. The molecular weight excluding hydrogens is 316 g/mol. The summed E-state index contributed by atoms with van der Waals surface area (Å²) in [5.41, 5.74) is 7.28. The Morgan fingerprint density at radius 3 is 2.28 bits per heavy atom. The van der Waals surface area contributed by atoms with Gasteiger partial charge in [-0.05, 0) is 58.8 Å². The Hall–Kier alpha value is -3.47. The van der Waals surface area contributed by atoms with E-state index in [9.17, 15) is 9.90 Å². The fraction of sp³-hybridized carbons (Fsp3) is 0.0500. The average molecular weight is 334 g/mol. The molecule has 126 valence electrons. The fourth-order valence-corrected chi connectivity index (χ4v) is 2.43. The molecule has 0 aliphatic heterocycles. The number of benzene rings is 3. The molecule has 0 heterocycles. The Labute approximate surface area is 145 Å². The maximum Gasteiger partial charge on any atom is 0.269 e. The van der Waals surface area contributed by atoms with Crippen molar-refractivity contribution in [3.8, 4) is 11.5 Å². The summed E-state index contributed by atoms with van der Waals surface area (Å²) in [5.74, 6) is 0.603. The van der Waals surface area contributed by atoms with Crippen LogP contribution in [-0.2, 0) is 0 Å². The molecule has 0 bridgehead atoms. The van der Waals surface area contributed by atoms with Gasteiger partial charge >= 0.3 is 0 Å². The molecule has 0 aromatic heterocycles. The number of phenols is 1. The number of nitrogens with one attached hydrogen (secondary N) is 2. The maximum atomic E-state index is 12.1. The number of hydrogen-bond acceptors (Lipinski definition) is 4. The number of phenolic OH excluding ortho intramolecular Hbond substituents is 1. The number of fused-ring (bicyclic) bond motifs is 1. The predicted molar refractivity (Wildman–Crippen MR) is 98.2 cm³/mol. The van der Waals surface area contributed by atoms with Crippen LogP contribution < -0.4 is 15.6 Å². The molecular formula is C20H18N2O3. The summed E-state index contributed by atoms with van der Waals surface area (Å²) in [6, 6.07) is 17.7. The van der Waals surface area contributed by atoms with Crippen molar-refractivity contribution in [1.29, 1.82) is 0 Å². The second kappa shape index (κ2) is 6.97. The van der Waals surface area contributed by atoms with Crippen LogP contribution in [0.5, 0.6) is 11.5 Å². The Kier molecular flexibility index (Phi) is 4.57. The van der Waals surface area contributed by atoms with Gasteiger partial charge in [-0.15, -0.1) is 0 Å². The Morgan fingerprint density at radius 1 is 0.920 bits per heavy atom. The molecule has 5 nitrogen and oxygen atoms in total. The molecule has 5 heteroatoms. The highest BCUT2D eigenvalue weighted by molar-refractivity contribution is 5.94. The highest BCUT2D eigenvalue weighted by Crippen LogP contribution is 2.23. The van der Waals surface area contributed by atoms with Gasteiger partial charge in [-0.25, -0.2) is 0 Å². The van der Waals surface area contributed by atoms with Crippen molar-refractivity contribution in [2.75, 3.05) is 7.11 Å². The molecule has 3 aromatic rings. The summed E-state index contributed by atoms with van der Waals surface area (Å²) < 4.78 is 5.22. The lowest BCUT2D eigenvalue weighted by molar-refractivity contribution is 0.0942. The van der Waals surface area contributed by atoms with E-state index in [1.807, 2.05) is 36.4 Å². The minimum atomic E-state index is -0.313. The molecule has 0 radical (unpaired) electrons. The molecule has 0 fully saturated rings. The SMILES string of the molecule is C=C(NNC(=O)c1ccc(O)cc1)c1ccc2cc(OC)ccc2c1. The van der Waals surface area contributed by atoms with Crippen LogP contribution in [0.15, 0.2) is 67.2 Å². The quantitative estimate of drug-likeness (QED) is 0.625. The predicted octanol–water partition coefficient (Wildman–Crippen LogP) is 3.46. The lowest BCUT2D eigenvalue weighted by Gasteiger charge is -2.12. The maximum absolute atomic E-state index is 12.1. The molecule has 3 rings (SSSR count). The highest BCUT2D eigenvalue weighted by Gasteiger charge is 2.06. The first-order valence-electron chi connectivity index (χ1n) is 7.69. The zero-order valence-corrected chi connectivity index (χ0v) is 13.7. The van der Waals surface area contributed by atoms with Gasteiger partial charge < -0.3 is 9.84 Å². The van der Waals surface area contributed by atoms with Gasteiger partial charge in [-0.1, -0.05) is 24.8 Å². The van der Waals surface area contributed by atoms with Crippen LogP contribution in [0.1, 0.15) is 15.9 Å². The monoisotopic (exact) mass is 334 g/mol. The van der Waals surface area contributed by atoms with Crippen LogP contribution in [0.25, 0.3) is 16.5 Å². The van der Waals surface area contributed by atoms with E-state index in [0.29, 0.717) is 11.3 Å². The van der Waals surface area contributed by atoms with Crippen molar-refractivity contribution < 1.29 is 14.6 Å². The van der Waals surface area contributed by atoms with Crippen LogP contribution >= 0.6 is 0 Å². The first-order chi connectivity index (χ1) is 12.1. The van der Waals surface area contributed by atoms with E-state index >= 15 is 0 Å². The van der Waals surface area contributed by atoms with Gasteiger partial charge in [0.2, 0.25) is 0 Å². The molecule has 0 saturated heterocycles. The number of hydrazine groups is 1. The van der Waals surface area contributed by atoms with E-state index < -0.39 is 0 Å². The zero-order valence-electron chi connectivity index (χ0n) is 13.7. The van der Waals surface area contributed by atoms with Gasteiger partial charge in [0.25, 0.3) is 5.91 Å². The summed E-state index contributed by atoms with van der Waals surface area (Å²) in [4.78, 5) is 12.1. The first-order valence-corrected chi connectivity index (χ1v) is 7.69. The third-order valence-electron chi connectivity index (χ3n) is 3.85. The Balaban J connectivity index is 1.69. The highest BCUT2D eigenvalue weighted by atomic mass is 16.5. The van der Waals surface area contributed by atoms with Gasteiger partial charge in [-0.3, -0.25) is 15.6 Å². The van der Waals surface area contributed by atoms with Crippen LogP contribution in [-0.4, -0.2) is 18.1 Å². The number of hydrogen-bond donors (Lipinski definition) is 3. The van der Waals surface area contributed by atoms with Gasteiger partial charge in [-0.2, -0.15) is 0 Å². The standard InChI is InChI=1S/C20H18N2O3/c1-13(21-22-20(24)14-5-8-18(23)9-6-14)15-3-4-17-12-19(25-2)10-7-16(17)11-15/h3-12,21,23H,1H2,2H3,(H,22,24). The van der Waals surface area contributed by atoms with E-state index in [1.165, 1.54) is 12.1 Å². The Morgan fingerprint density at radius 2 is 1.56 bits per heavy atom. The Bertz CT molecular complexity index is 933. The summed E-state index contributed by atoms with van der Waals surface area (Å²) in [7, 11) is 1.64. The third-order valence-corrected chi connectivity index (χ3v) is 3.85. The van der Waals surface area contributed by atoms with Crippen LogP contribution in [0.2, 0.25) is 0 Å². The molecule has 25 heavy (non-hydrogen) atoms. The van der Waals surface area contributed by atoms with E-state index in [2.05, 4.69) is 17.4 Å². The number of amides is 1. The molecule has 0 unspecified atom stereocenters. The fourth-order valence-electron chi connectivity index (χ4n) is 2.43. The molecule has 3 N–H and O–H groups in total. The van der Waals surface area contributed by atoms with Gasteiger partial charge in [0.05, 0.1) is 12.8 Å². The lowest BCUT2D eigenvalue weighted by atomic mass is 10.1. The average Bonchev–Trinajstić information content (AvgIpc) is 2.65.